The summed E-state index contributed by atoms with van der Waals surface area (Å²) >= 11 is 0. The molecule has 1 N–H and O–H groups in total. The van der Waals surface area contributed by atoms with Gasteiger partial charge < -0.3 is 10.2 Å². The fourth-order valence-corrected chi connectivity index (χ4v) is 4.31. The van der Waals surface area contributed by atoms with Crippen molar-refractivity contribution in [2.24, 2.45) is 0 Å². The van der Waals surface area contributed by atoms with Gasteiger partial charge in [0.15, 0.2) is 9.84 Å². The molecule has 0 bridgehead atoms. The molecule has 1 aliphatic rings. The van der Waals surface area contributed by atoms with Crippen molar-refractivity contribution in [3.63, 3.8) is 0 Å². The van der Waals surface area contributed by atoms with Crippen LogP contribution in [0.2, 0.25) is 0 Å². The quantitative estimate of drug-likeness (QED) is 0.831. The van der Waals surface area contributed by atoms with Crippen LogP contribution in [0.3, 0.4) is 0 Å². The van der Waals surface area contributed by atoms with Crippen LogP contribution in [0.25, 0.3) is 0 Å². The highest BCUT2D eigenvalue weighted by Crippen LogP contribution is 2.21. The topological polar surface area (TPSA) is 92.3 Å². The van der Waals surface area contributed by atoms with Crippen molar-refractivity contribution in [3.8, 4) is 0 Å². The predicted molar refractivity (Wildman–Crippen MR) is 89.3 cm³/mol. The maximum absolute atomic E-state index is 12.0. The van der Waals surface area contributed by atoms with Gasteiger partial charge in [-0.2, -0.15) is 0 Å². The maximum atomic E-state index is 12.0. The Morgan fingerprint density at radius 1 is 1.39 bits per heavy atom. The van der Waals surface area contributed by atoms with Crippen LogP contribution in [0, 0.1) is 0 Å². The highest BCUT2D eigenvalue weighted by Gasteiger charge is 2.32. The van der Waals surface area contributed by atoms with E-state index in [-0.39, 0.29) is 29.5 Å². The monoisotopic (exact) mass is 340 g/mol. The standard InChI is InChI=1S/C15H24N4O3S/c1-4-11(3)18-14(20)12-8-16-15(17-9-12)19(5-2)13-6-7-23(21,22)10-13/h8-9,11,13H,4-7,10H2,1-3H3,(H,18,20). The molecule has 2 atom stereocenters. The molecule has 1 aliphatic heterocycles. The molecule has 2 heterocycles. The van der Waals surface area contributed by atoms with Gasteiger partial charge in [0.1, 0.15) is 0 Å². The number of aromatic nitrogens is 2. The number of nitrogens with zero attached hydrogens (tertiary/aromatic N) is 3. The molecule has 2 unspecified atom stereocenters. The van der Waals surface area contributed by atoms with Gasteiger partial charge in [0.2, 0.25) is 5.95 Å². The Labute approximate surface area is 137 Å². The fourth-order valence-electron chi connectivity index (χ4n) is 2.58. The molecule has 8 heteroatoms. The molecular weight excluding hydrogens is 316 g/mol. The summed E-state index contributed by atoms with van der Waals surface area (Å²) in [5.74, 6) is 0.622. The summed E-state index contributed by atoms with van der Waals surface area (Å²) in [6.45, 7) is 6.50. The van der Waals surface area contributed by atoms with E-state index in [9.17, 15) is 13.2 Å². The summed E-state index contributed by atoms with van der Waals surface area (Å²) in [7, 11) is -2.96. The van der Waals surface area contributed by atoms with Crippen molar-refractivity contribution in [2.45, 2.75) is 45.7 Å². The zero-order valence-electron chi connectivity index (χ0n) is 13.8. The van der Waals surface area contributed by atoms with Crippen molar-refractivity contribution in [3.05, 3.63) is 18.0 Å². The van der Waals surface area contributed by atoms with E-state index in [2.05, 4.69) is 15.3 Å². The number of nitrogens with one attached hydrogen (secondary N) is 1. The second-order valence-electron chi connectivity index (χ2n) is 5.90. The van der Waals surface area contributed by atoms with Crippen molar-refractivity contribution in [1.29, 1.82) is 0 Å². The highest BCUT2D eigenvalue weighted by atomic mass is 32.2. The Balaban J connectivity index is 2.10. The number of hydrogen-bond acceptors (Lipinski definition) is 6. The molecule has 2 rings (SSSR count). The summed E-state index contributed by atoms with van der Waals surface area (Å²) < 4.78 is 23.3. The fraction of sp³-hybridized carbons (Fsp3) is 0.667. The van der Waals surface area contributed by atoms with E-state index < -0.39 is 9.84 Å². The Morgan fingerprint density at radius 2 is 2.04 bits per heavy atom. The molecule has 128 valence electrons. The first-order chi connectivity index (χ1) is 10.9. The van der Waals surface area contributed by atoms with Crippen molar-refractivity contribution < 1.29 is 13.2 Å². The van der Waals surface area contributed by atoms with Gasteiger partial charge in [-0.25, -0.2) is 18.4 Å². The lowest BCUT2D eigenvalue weighted by Gasteiger charge is -2.26. The molecule has 1 fully saturated rings. The molecule has 1 amide bonds. The Bertz CT molecular complexity index is 645. The van der Waals surface area contributed by atoms with Crippen molar-refractivity contribution in [1.82, 2.24) is 15.3 Å². The van der Waals surface area contributed by atoms with Gasteiger partial charge in [0, 0.05) is 31.0 Å². The summed E-state index contributed by atoms with van der Waals surface area (Å²) in [4.78, 5) is 22.4. The third kappa shape index (κ3) is 4.40. The van der Waals surface area contributed by atoms with Crippen LogP contribution < -0.4 is 10.2 Å². The van der Waals surface area contributed by atoms with Crippen LogP contribution in [0.4, 0.5) is 5.95 Å². The maximum Gasteiger partial charge on any atom is 0.254 e. The Kier molecular flexibility index (Phi) is 5.56. The van der Waals surface area contributed by atoms with Gasteiger partial charge in [-0.1, -0.05) is 6.92 Å². The second-order valence-corrected chi connectivity index (χ2v) is 8.13. The van der Waals surface area contributed by atoms with E-state index in [4.69, 9.17) is 0 Å². The molecule has 7 nitrogen and oxygen atoms in total. The van der Waals surface area contributed by atoms with Crippen LogP contribution in [-0.2, 0) is 9.84 Å². The van der Waals surface area contributed by atoms with E-state index in [1.807, 2.05) is 25.7 Å². The number of sulfone groups is 1. The number of rotatable bonds is 6. The molecule has 1 aromatic heterocycles. The first kappa shape index (κ1) is 17.7. The molecule has 1 saturated heterocycles. The number of anilines is 1. The zero-order valence-corrected chi connectivity index (χ0v) is 14.6. The molecule has 0 aliphatic carbocycles. The highest BCUT2D eigenvalue weighted by molar-refractivity contribution is 7.91. The molecule has 0 saturated carbocycles. The third-order valence-electron chi connectivity index (χ3n) is 4.14. The number of amides is 1. The molecule has 1 aromatic rings. The zero-order chi connectivity index (χ0) is 17.0. The summed E-state index contributed by atoms with van der Waals surface area (Å²) in [5.41, 5.74) is 0.407. The van der Waals surface area contributed by atoms with Gasteiger partial charge in [0.25, 0.3) is 5.91 Å². The minimum atomic E-state index is -2.96. The van der Waals surface area contributed by atoms with Gasteiger partial charge in [0.05, 0.1) is 17.1 Å². The van der Waals surface area contributed by atoms with Crippen LogP contribution in [0.5, 0.6) is 0 Å². The number of carbonyl (C=O) groups excluding carboxylic acids is 1. The van der Waals surface area contributed by atoms with Crippen LogP contribution in [-0.4, -0.2) is 54.4 Å². The van der Waals surface area contributed by atoms with E-state index in [0.717, 1.165) is 6.42 Å². The van der Waals surface area contributed by atoms with E-state index in [1.165, 1.54) is 12.4 Å². The predicted octanol–water partition coefficient (Wildman–Crippen LogP) is 1.02. The second kappa shape index (κ2) is 7.25. The van der Waals surface area contributed by atoms with Crippen LogP contribution >= 0.6 is 0 Å². The summed E-state index contributed by atoms with van der Waals surface area (Å²) in [5, 5.41) is 2.86. The average Bonchev–Trinajstić information content (AvgIpc) is 2.88. The lowest BCUT2D eigenvalue weighted by molar-refractivity contribution is 0.0938. The minimum absolute atomic E-state index is 0.0928. The molecule has 0 spiro atoms. The summed E-state index contributed by atoms with van der Waals surface area (Å²) in [6, 6.07) is 0.00259. The third-order valence-corrected chi connectivity index (χ3v) is 5.89. The number of hydrogen-bond donors (Lipinski definition) is 1. The van der Waals surface area contributed by atoms with Gasteiger partial charge in [-0.05, 0) is 26.7 Å². The van der Waals surface area contributed by atoms with Crippen LogP contribution in [0.1, 0.15) is 44.0 Å². The lowest BCUT2D eigenvalue weighted by Crippen LogP contribution is -2.37. The molecule has 0 radical (unpaired) electrons. The average molecular weight is 340 g/mol. The van der Waals surface area contributed by atoms with Gasteiger partial charge in [-0.15, -0.1) is 0 Å². The molecule has 0 aromatic carbocycles. The largest absolute Gasteiger partial charge is 0.350 e. The number of carbonyl (C=O) groups is 1. The summed E-state index contributed by atoms with van der Waals surface area (Å²) in [6.07, 6.45) is 4.43. The van der Waals surface area contributed by atoms with Crippen LogP contribution in [0.15, 0.2) is 12.4 Å². The van der Waals surface area contributed by atoms with Gasteiger partial charge in [-0.3, -0.25) is 4.79 Å². The van der Waals surface area contributed by atoms with E-state index in [1.54, 1.807) is 0 Å². The molecular formula is C15H24N4O3S. The lowest BCUT2D eigenvalue weighted by atomic mass is 10.2. The normalized spacial score (nSPS) is 20.9. The Morgan fingerprint density at radius 3 is 2.52 bits per heavy atom. The first-order valence-electron chi connectivity index (χ1n) is 7.96. The molecule has 23 heavy (non-hydrogen) atoms. The van der Waals surface area contributed by atoms with E-state index >= 15 is 0 Å². The Hall–Kier alpha value is -1.70. The van der Waals surface area contributed by atoms with Crippen molar-refractivity contribution in [2.75, 3.05) is 23.0 Å². The first-order valence-corrected chi connectivity index (χ1v) is 9.78. The van der Waals surface area contributed by atoms with Crippen molar-refractivity contribution >= 4 is 21.7 Å². The van der Waals surface area contributed by atoms with E-state index in [0.29, 0.717) is 24.5 Å². The minimum Gasteiger partial charge on any atom is -0.350 e. The smallest absolute Gasteiger partial charge is 0.254 e. The van der Waals surface area contributed by atoms with Gasteiger partial charge >= 0.3 is 0 Å². The SMILES string of the molecule is CCC(C)NC(=O)c1cnc(N(CC)C2CCS(=O)(=O)C2)nc1.